The van der Waals surface area contributed by atoms with E-state index in [9.17, 15) is 4.79 Å². The lowest BCUT2D eigenvalue weighted by atomic mass is 10.0. The third-order valence-electron chi connectivity index (χ3n) is 6.30. The maximum atomic E-state index is 13.2. The number of carbonyl (C=O) groups excluding carboxylic acids is 1. The van der Waals surface area contributed by atoms with Gasteiger partial charge in [-0.25, -0.2) is 9.97 Å². The first-order valence-electron chi connectivity index (χ1n) is 11.5. The van der Waals surface area contributed by atoms with Crippen LogP contribution in [-0.4, -0.2) is 54.1 Å². The molecule has 33 heavy (non-hydrogen) atoms. The summed E-state index contributed by atoms with van der Waals surface area (Å²) in [7, 11) is 1.68. The molecule has 1 aliphatic heterocycles. The van der Waals surface area contributed by atoms with Gasteiger partial charge in [0.25, 0.3) is 5.91 Å². The first-order valence-corrected chi connectivity index (χ1v) is 11.5. The van der Waals surface area contributed by atoms with Crippen molar-refractivity contribution in [3.63, 3.8) is 0 Å². The molecule has 6 nitrogen and oxygen atoms in total. The van der Waals surface area contributed by atoms with Crippen LogP contribution in [0.3, 0.4) is 0 Å². The van der Waals surface area contributed by atoms with E-state index in [1.807, 2.05) is 55.1 Å². The van der Waals surface area contributed by atoms with E-state index < -0.39 is 0 Å². The number of hydrogen-bond donors (Lipinski definition) is 0. The van der Waals surface area contributed by atoms with Gasteiger partial charge in [-0.2, -0.15) is 0 Å². The summed E-state index contributed by atoms with van der Waals surface area (Å²) in [6.07, 6.45) is 1.66. The van der Waals surface area contributed by atoms with Gasteiger partial charge in [0.1, 0.15) is 17.4 Å². The van der Waals surface area contributed by atoms with Gasteiger partial charge >= 0.3 is 0 Å². The molecule has 0 aliphatic carbocycles. The summed E-state index contributed by atoms with van der Waals surface area (Å²) in [6, 6.07) is 16.0. The highest BCUT2D eigenvalue weighted by Crippen LogP contribution is 2.26. The third-order valence-corrected chi connectivity index (χ3v) is 6.30. The molecule has 172 valence electrons. The summed E-state index contributed by atoms with van der Waals surface area (Å²) in [5, 5.41) is 0. The van der Waals surface area contributed by atoms with E-state index >= 15 is 0 Å². The molecule has 1 amide bonds. The second-order valence-electron chi connectivity index (χ2n) is 8.63. The predicted octanol–water partition coefficient (Wildman–Crippen LogP) is 4.35. The van der Waals surface area contributed by atoms with Crippen molar-refractivity contribution in [3.05, 3.63) is 82.3 Å². The van der Waals surface area contributed by atoms with Crippen LogP contribution in [0, 0.1) is 20.8 Å². The van der Waals surface area contributed by atoms with Crippen molar-refractivity contribution < 1.29 is 9.53 Å². The van der Waals surface area contributed by atoms with Crippen molar-refractivity contribution >= 4 is 11.7 Å². The highest BCUT2D eigenvalue weighted by Gasteiger charge is 2.24. The van der Waals surface area contributed by atoms with Crippen molar-refractivity contribution in [1.82, 2.24) is 14.9 Å². The van der Waals surface area contributed by atoms with Crippen LogP contribution in [0.15, 0.2) is 48.5 Å². The highest BCUT2D eigenvalue weighted by molar-refractivity contribution is 5.95. The Balaban J connectivity index is 1.56. The van der Waals surface area contributed by atoms with E-state index in [1.165, 1.54) is 5.56 Å². The molecule has 0 saturated carbocycles. The molecule has 1 fully saturated rings. The zero-order chi connectivity index (χ0) is 23.4. The molecule has 2 heterocycles. The Kier molecular flexibility index (Phi) is 6.92. The molecule has 1 aliphatic rings. The number of rotatable bonds is 5. The molecule has 0 spiro atoms. The summed E-state index contributed by atoms with van der Waals surface area (Å²) in [5.41, 5.74) is 5.15. The van der Waals surface area contributed by atoms with Crippen LogP contribution >= 0.6 is 0 Å². The Morgan fingerprint density at radius 2 is 1.70 bits per heavy atom. The number of carbonyl (C=O) groups is 1. The Labute approximate surface area is 196 Å². The van der Waals surface area contributed by atoms with Gasteiger partial charge in [-0.3, -0.25) is 4.79 Å². The number of aryl methyl sites for hydroxylation is 3. The molecule has 0 atom stereocenters. The van der Waals surface area contributed by atoms with Crippen LogP contribution in [0.1, 0.15) is 45.0 Å². The van der Waals surface area contributed by atoms with Crippen LogP contribution in [0.4, 0.5) is 5.82 Å². The topological polar surface area (TPSA) is 58.6 Å². The molecular weight excluding hydrogens is 412 g/mol. The number of nitrogens with zero attached hydrogens (tertiary/aromatic N) is 4. The maximum Gasteiger partial charge on any atom is 0.254 e. The van der Waals surface area contributed by atoms with Gasteiger partial charge in [0.05, 0.1) is 7.11 Å². The monoisotopic (exact) mass is 444 g/mol. The van der Waals surface area contributed by atoms with Crippen molar-refractivity contribution in [3.8, 4) is 5.75 Å². The summed E-state index contributed by atoms with van der Waals surface area (Å²) in [5.74, 6) is 2.73. The van der Waals surface area contributed by atoms with Crippen molar-refractivity contribution in [2.75, 3.05) is 38.2 Å². The summed E-state index contributed by atoms with van der Waals surface area (Å²) in [4.78, 5) is 27.0. The first kappa shape index (κ1) is 22.8. The van der Waals surface area contributed by atoms with Gasteiger partial charge in [-0.05, 0) is 56.5 Å². The number of amides is 1. The minimum Gasteiger partial charge on any atom is -0.497 e. The average Bonchev–Trinajstić information content (AvgIpc) is 3.07. The molecule has 0 radical (unpaired) electrons. The van der Waals surface area contributed by atoms with Gasteiger partial charge in [0.15, 0.2) is 0 Å². The quantitative estimate of drug-likeness (QED) is 0.585. The average molecular weight is 445 g/mol. The van der Waals surface area contributed by atoms with E-state index in [0.717, 1.165) is 72.3 Å². The maximum absolute atomic E-state index is 13.2. The Morgan fingerprint density at radius 3 is 2.42 bits per heavy atom. The number of ether oxygens (including phenoxy) is 1. The van der Waals surface area contributed by atoms with Gasteiger partial charge in [-0.1, -0.05) is 30.3 Å². The molecule has 3 aromatic rings. The molecule has 6 heteroatoms. The van der Waals surface area contributed by atoms with E-state index in [4.69, 9.17) is 9.72 Å². The minimum atomic E-state index is 0.114. The van der Waals surface area contributed by atoms with Gasteiger partial charge in [-0.15, -0.1) is 0 Å². The van der Waals surface area contributed by atoms with E-state index in [0.29, 0.717) is 6.54 Å². The van der Waals surface area contributed by atoms with Gasteiger partial charge < -0.3 is 14.5 Å². The predicted molar refractivity (Wildman–Crippen MR) is 131 cm³/mol. The van der Waals surface area contributed by atoms with Crippen molar-refractivity contribution in [2.45, 2.75) is 33.6 Å². The smallest absolute Gasteiger partial charge is 0.254 e. The Hall–Kier alpha value is -3.41. The Bertz CT molecular complexity index is 1130. The summed E-state index contributed by atoms with van der Waals surface area (Å²) < 4.78 is 5.30. The van der Waals surface area contributed by atoms with E-state index in [1.54, 1.807) is 7.11 Å². The second kappa shape index (κ2) is 10.0. The van der Waals surface area contributed by atoms with Crippen LogP contribution in [0.25, 0.3) is 0 Å². The summed E-state index contributed by atoms with van der Waals surface area (Å²) >= 11 is 0. The number of hydrogen-bond acceptors (Lipinski definition) is 5. The van der Waals surface area contributed by atoms with Crippen molar-refractivity contribution in [1.29, 1.82) is 0 Å². The standard InChI is InChI=1S/C27H32N4O2/c1-19-8-5-6-9-24(19)27(32)31-15-7-14-30(16-17-31)26-25(20(2)28-21(3)29-26)18-22-10-12-23(33-4)13-11-22/h5-6,8-13H,7,14-18H2,1-4H3. The van der Waals surface area contributed by atoms with Crippen LogP contribution in [-0.2, 0) is 6.42 Å². The first-order chi connectivity index (χ1) is 16.0. The fraction of sp³-hybridized carbons (Fsp3) is 0.370. The number of benzene rings is 2. The molecule has 1 saturated heterocycles. The lowest BCUT2D eigenvalue weighted by molar-refractivity contribution is 0.0766. The number of methoxy groups -OCH3 is 1. The fourth-order valence-electron chi connectivity index (χ4n) is 4.45. The molecule has 4 rings (SSSR count). The van der Waals surface area contributed by atoms with Crippen molar-refractivity contribution in [2.24, 2.45) is 0 Å². The van der Waals surface area contributed by atoms with E-state index in [2.05, 4.69) is 28.9 Å². The molecule has 0 N–H and O–H groups in total. The molecule has 1 aromatic heterocycles. The SMILES string of the molecule is COc1ccc(Cc2c(C)nc(C)nc2N2CCCN(C(=O)c3ccccc3C)CC2)cc1. The highest BCUT2D eigenvalue weighted by atomic mass is 16.5. The Morgan fingerprint density at radius 1 is 0.939 bits per heavy atom. The van der Waals surface area contributed by atoms with Gasteiger partial charge in [0, 0.05) is 49.4 Å². The second-order valence-corrected chi connectivity index (χ2v) is 8.63. The van der Waals surface area contributed by atoms with Crippen LogP contribution < -0.4 is 9.64 Å². The number of aromatic nitrogens is 2. The lowest BCUT2D eigenvalue weighted by Gasteiger charge is -2.26. The molecule has 0 unspecified atom stereocenters. The third kappa shape index (κ3) is 5.16. The number of anilines is 1. The molecule has 2 aromatic carbocycles. The van der Waals surface area contributed by atoms with E-state index in [-0.39, 0.29) is 5.91 Å². The summed E-state index contributed by atoms with van der Waals surface area (Å²) in [6.45, 7) is 9.04. The normalized spacial score (nSPS) is 14.2. The fourth-order valence-corrected chi connectivity index (χ4v) is 4.45. The van der Waals surface area contributed by atoms with Gasteiger partial charge in [0.2, 0.25) is 0 Å². The minimum absolute atomic E-state index is 0.114. The van der Waals surface area contributed by atoms with Crippen LogP contribution in [0.5, 0.6) is 5.75 Å². The zero-order valence-corrected chi connectivity index (χ0v) is 20.0. The van der Waals surface area contributed by atoms with Crippen LogP contribution in [0.2, 0.25) is 0 Å². The largest absolute Gasteiger partial charge is 0.497 e. The lowest BCUT2D eigenvalue weighted by Crippen LogP contribution is -2.36. The molecule has 0 bridgehead atoms. The zero-order valence-electron chi connectivity index (χ0n) is 20.0. The molecular formula is C27H32N4O2.